The molecule has 0 bridgehead atoms. The summed E-state index contributed by atoms with van der Waals surface area (Å²) in [6, 6.07) is 9.81. The minimum Gasteiger partial charge on any atom is -0.328 e. The molecule has 0 aromatic heterocycles. The zero-order valence-electron chi connectivity index (χ0n) is 11.9. The van der Waals surface area contributed by atoms with E-state index in [0.717, 1.165) is 18.7 Å². The Morgan fingerprint density at radius 1 is 1.14 bits per heavy atom. The third-order valence-electron chi connectivity index (χ3n) is 3.86. The second-order valence-electron chi connectivity index (χ2n) is 5.45. The molecule has 1 N–H and O–H groups in total. The van der Waals surface area contributed by atoms with Crippen molar-refractivity contribution in [2.75, 3.05) is 19.8 Å². The predicted octanol–water partition coefficient (Wildman–Crippen LogP) is 2.19. The summed E-state index contributed by atoms with van der Waals surface area (Å²) in [6.45, 7) is 2.69. The first kappa shape index (κ1) is 14.2. The maximum atomic E-state index is 12.5. The summed E-state index contributed by atoms with van der Waals surface area (Å²) in [4.78, 5) is 16.4. The van der Waals surface area contributed by atoms with E-state index >= 15 is 0 Å². The van der Waals surface area contributed by atoms with Gasteiger partial charge in [-0.15, -0.1) is 0 Å². The fourth-order valence-corrected chi connectivity index (χ4v) is 2.97. The van der Waals surface area contributed by atoms with Gasteiger partial charge in [-0.05, 0) is 49.8 Å². The Kier molecular flexibility index (Phi) is 4.31. The van der Waals surface area contributed by atoms with E-state index in [2.05, 4.69) is 10.2 Å². The molecule has 2 fully saturated rings. The van der Waals surface area contributed by atoms with Gasteiger partial charge in [0.15, 0.2) is 5.11 Å². The maximum absolute atomic E-state index is 12.5. The van der Waals surface area contributed by atoms with Crippen LogP contribution in [0.1, 0.15) is 24.8 Å². The van der Waals surface area contributed by atoms with Crippen molar-refractivity contribution in [3.63, 3.8) is 0 Å². The molecule has 0 aliphatic carbocycles. The standard InChI is InChI=1S/C16H19N3OS/c20-15-14(11-13-7-3-1-4-8-13)17-16(21)19(15)12-18-9-5-2-6-10-18/h1,3-4,7-8,11H,2,5-6,9-10,12H2,(H,17,21)/b14-11-. The average Bonchev–Trinajstić information content (AvgIpc) is 2.77. The number of hydrogen-bond acceptors (Lipinski definition) is 3. The van der Waals surface area contributed by atoms with Gasteiger partial charge in [0.05, 0.1) is 6.67 Å². The largest absolute Gasteiger partial charge is 0.328 e. The van der Waals surface area contributed by atoms with E-state index in [9.17, 15) is 4.79 Å². The van der Waals surface area contributed by atoms with Crippen LogP contribution in [0.3, 0.4) is 0 Å². The number of hydrogen-bond donors (Lipinski definition) is 1. The molecule has 2 saturated heterocycles. The summed E-state index contributed by atoms with van der Waals surface area (Å²) in [5.74, 6) is -0.0329. The smallest absolute Gasteiger partial charge is 0.277 e. The molecule has 21 heavy (non-hydrogen) atoms. The third-order valence-corrected chi connectivity index (χ3v) is 4.19. The molecule has 0 spiro atoms. The Morgan fingerprint density at radius 2 is 1.86 bits per heavy atom. The number of piperidine rings is 1. The Morgan fingerprint density at radius 3 is 2.57 bits per heavy atom. The highest BCUT2D eigenvalue weighted by Gasteiger charge is 2.31. The first-order valence-corrected chi connectivity index (χ1v) is 7.77. The molecule has 1 amide bonds. The van der Waals surface area contributed by atoms with E-state index < -0.39 is 0 Å². The highest BCUT2D eigenvalue weighted by Crippen LogP contribution is 2.16. The van der Waals surface area contributed by atoms with E-state index in [0.29, 0.717) is 17.5 Å². The van der Waals surface area contributed by atoms with Crippen LogP contribution in [0.2, 0.25) is 0 Å². The topological polar surface area (TPSA) is 35.6 Å². The average molecular weight is 301 g/mol. The zero-order valence-corrected chi connectivity index (χ0v) is 12.7. The third kappa shape index (κ3) is 3.31. The lowest BCUT2D eigenvalue weighted by molar-refractivity contribution is -0.123. The van der Waals surface area contributed by atoms with E-state index in [1.165, 1.54) is 19.3 Å². The number of amides is 1. The van der Waals surface area contributed by atoms with E-state index in [-0.39, 0.29) is 5.91 Å². The molecule has 2 aliphatic heterocycles. The van der Waals surface area contributed by atoms with Crippen molar-refractivity contribution in [3.05, 3.63) is 41.6 Å². The molecule has 5 heteroatoms. The first-order valence-electron chi connectivity index (χ1n) is 7.36. The molecule has 1 aromatic carbocycles. The highest BCUT2D eigenvalue weighted by molar-refractivity contribution is 7.80. The Labute approximate surface area is 130 Å². The number of nitrogens with one attached hydrogen (secondary N) is 1. The van der Waals surface area contributed by atoms with E-state index in [1.54, 1.807) is 4.90 Å². The van der Waals surface area contributed by atoms with E-state index in [4.69, 9.17) is 12.2 Å². The van der Waals surface area contributed by atoms with Gasteiger partial charge in [0.25, 0.3) is 5.91 Å². The molecule has 2 aliphatic rings. The Balaban J connectivity index is 1.71. The van der Waals surface area contributed by atoms with Gasteiger partial charge in [-0.2, -0.15) is 0 Å². The SMILES string of the molecule is O=C1/C(=C/c2ccccc2)NC(=S)N1CN1CCCCC1. The van der Waals surface area contributed by atoms with E-state index in [1.807, 2.05) is 36.4 Å². The van der Waals surface area contributed by atoms with Crippen molar-refractivity contribution in [3.8, 4) is 0 Å². The molecule has 1 aromatic rings. The van der Waals surface area contributed by atoms with Crippen molar-refractivity contribution in [2.24, 2.45) is 0 Å². The van der Waals surface area contributed by atoms with Gasteiger partial charge in [-0.25, -0.2) is 0 Å². The number of likely N-dealkylation sites (tertiary alicyclic amines) is 1. The second-order valence-corrected chi connectivity index (χ2v) is 5.84. The summed E-state index contributed by atoms with van der Waals surface area (Å²) in [5.41, 5.74) is 1.55. The van der Waals surface area contributed by atoms with Crippen LogP contribution in [0.4, 0.5) is 0 Å². The van der Waals surface area contributed by atoms with Crippen LogP contribution in [-0.4, -0.2) is 40.6 Å². The van der Waals surface area contributed by atoms with Crippen LogP contribution < -0.4 is 5.32 Å². The number of carbonyl (C=O) groups excluding carboxylic acids is 1. The minimum atomic E-state index is -0.0329. The molecule has 0 radical (unpaired) electrons. The molecule has 3 rings (SSSR count). The number of thiocarbonyl (C=S) groups is 1. The van der Waals surface area contributed by atoms with Gasteiger partial charge in [0.1, 0.15) is 5.70 Å². The van der Waals surface area contributed by atoms with Crippen LogP contribution in [0.5, 0.6) is 0 Å². The number of nitrogens with zero attached hydrogens (tertiary/aromatic N) is 2. The van der Waals surface area contributed by atoms with Crippen molar-refractivity contribution < 1.29 is 4.79 Å². The zero-order chi connectivity index (χ0) is 14.7. The van der Waals surface area contributed by atoms with Crippen molar-refractivity contribution in [2.45, 2.75) is 19.3 Å². The predicted molar refractivity (Wildman–Crippen MR) is 87.3 cm³/mol. The lowest BCUT2D eigenvalue weighted by Gasteiger charge is -2.29. The van der Waals surface area contributed by atoms with Crippen LogP contribution in [0.25, 0.3) is 6.08 Å². The molecule has 2 heterocycles. The Hall–Kier alpha value is -1.72. The maximum Gasteiger partial charge on any atom is 0.277 e. The molecule has 110 valence electrons. The lowest BCUT2D eigenvalue weighted by Crippen LogP contribution is -2.43. The summed E-state index contributed by atoms with van der Waals surface area (Å²) in [7, 11) is 0. The molecule has 0 unspecified atom stereocenters. The van der Waals surface area contributed by atoms with Crippen LogP contribution in [0.15, 0.2) is 36.0 Å². The highest BCUT2D eigenvalue weighted by atomic mass is 32.1. The molecular formula is C16H19N3OS. The molecular weight excluding hydrogens is 282 g/mol. The molecule has 4 nitrogen and oxygen atoms in total. The second kappa shape index (κ2) is 6.37. The van der Waals surface area contributed by atoms with Gasteiger partial charge >= 0.3 is 0 Å². The Bertz CT molecular complexity index is 564. The quantitative estimate of drug-likeness (QED) is 0.686. The van der Waals surface area contributed by atoms with Crippen LogP contribution >= 0.6 is 12.2 Å². The van der Waals surface area contributed by atoms with Gasteiger partial charge in [0.2, 0.25) is 0 Å². The van der Waals surface area contributed by atoms with Crippen molar-refractivity contribution in [1.82, 2.24) is 15.1 Å². The van der Waals surface area contributed by atoms with Gasteiger partial charge in [-0.1, -0.05) is 36.8 Å². The summed E-state index contributed by atoms with van der Waals surface area (Å²) < 4.78 is 0. The number of benzene rings is 1. The fourth-order valence-electron chi connectivity index (χ4n) is 2.72. The normalized spacial score (nSPS) is 21.9. The fraction of sp³-hybridized carbons (Fsp3) is 0.375. The number of carbonyl (C=O) groups is 1. The number of rotatable bonds is 3. The van der Waals surface area contributed by atoms with Crippen LogP contribution in [0, 0.1) is 0 Å². The summed E-state index contributed by atoms with van der Waals surface area (Å²) in [5, 5.41) is 3.54. The summed E-state index contributed by atoms with van der Waals surface area (Å²) >= 11 is 5.31. The van der Waals surface area contributed by atoms with Crippen molar-refractivity contribution >= 4 is 29.3 Å². The lowest BCUT2D eigenvalue weighted by atomic mass is 10.1. The van der Waals surface area contributed by atoms with Crippen LogP contribution in [-0.2, 0) is 4.79 Å². The summed E-state index contributed by atoms with van der Waals surface area (Å²) in [6.07, 6.45) is 5.54. The van der Waals surface area contributed by atoms with Gasteiger partial charge < -0.3 is 5.32 Å². The van der Waals surface area contributed by atoms with Gasteiger partial charge in [-0.3, -0.25) is 14.6 Å². The molecule has 0 atom stereocenters. The van der Waals surface area contributed by atoms with Gasteiger partial charge in [0, 0.05) is 0 Å². The minimum absolute atomic E-state index is 0.0329. The first-order chi connectivity index (χ1) is 10.2. The molecule has 0 saturated carbocycles. The monoisotopic (exact) mass is 301 g/mol. The van der Waals surface area contributed by atoms with Crippen molar-refractivity contribution in [1.29, 1.82) is 0 Å².